The Balaban J connectivity index is 1.73. The van der Waals surface area contributed by atoms with Crippen LogP contribution in [-0.2, 0) is 14.8 Å². The number of ether oxygens (including phenoxy) is 1. The van der Waals surface area contributed by atoms with Crippen LogP contribution >= 0.6 is 11.3 Å². The highest BCUT2D eigenvalue weighted by atomic mass is 32.2. The van der Waals surface area contributed by atoms with Crippen molar-refractivity contribution in [1.29, 1.82) is 0 Å². The molecule has 0 aromatic carbocycles. The Labute approximate surface area is 128 Å². The van der Waals surface area contributed by atoms with Crippen molar-refractivity contribution in [3.8, 4) is 0 Å². The maximum Gasteiger partial charge on any atom is 0.254 e. The fourth-order valence-electron chi connectivity index (χ4n) is 2.88. The van der Waals surface area contributed by atoms with Gasteiger partial charge in [-0.2, -0.15) is 15.6 Å². The molecular formula is C13H18N2O4S2. The third-order valence-corrected chi connectivity index (χ3v) is 5.94. The zero-order valence-electron chi connectivity index (χ0n) is 11.8. The molecule has 0 spiro atoms. The molecule has 0 aliphatic carbocycles. The van der Waals surface area contributed by atoms with Crippen LogP contribution in [0.4, 0.5) is 0 Å². The molecule has 2 aliphatic rings. The van der Waals surface area contributed by atoms with Gasteiger partial charge in [-0.1, -0.05) is 0 Å². The van der Waals surface area contributed by atoms with Gasteiger partial charge in [0, 0.05) is 37.5 Å². The Bertz CT molecular complexity index is 614. The summed E-state index contributed by atoms with van der Waals surface area (Å²) in [5.41, 5.74) is 0.691. The molecule has 0 radical (unpaired) electrons. The molecule has 1 amide bonds. The minimum absolute atomic E-state index is 0.00157. The third kappa shape index (κ3) is 3.13. The van der Waals surface area contributed by atoms with Gasteiger partial charge in [0.2, 0.25) is 10.0 Å². The monoisotopic (exact) mass is 330 g/mol. The average Bonchev–Trinajstić information content (AvgIpc) is 3.03. The quantitative estimate of drug-likeness (QED) is 0.791. The number of thiophene rings is 1. The fourth-order valence-corrected chi connectivity index (χ4v) is 4.39. The van der Waals surface area contributed by atoms with E-state index in [1.165, 1.54) is 21.9 Å². The highest BCUT2D eigenvalue weighted by Gasteiger charge is 2.40. The minimum atomic E-state index is -3.20. The van der Waals surface area contributed by atoms with Crippen LogP contribution in [0, 0.1) is 5.92 Å². The van der Waals surface area contributed by atoms with Gasteiger partial charge in [0.1, 0.15) is 0 Å². The van der Waals surface area contributed by atoms with Crippen LogP contribution in [0.25, 0.3) is 0 Å². The van der Waals surface area contributed by atoms with Crippen molar-refractivity contribution in [1.82, 2.24) is 9.21 Å². The van der Waals surface area contributed by atoms with Crippen LogP contribution in [-0.4, -0.2) is 68.7 Å². The van der Waals surface area contributed by atoms with E-state index in [1.54, 1.807) is 4.90 Å². The number of carbonyl (C=O) groups is 1. The van der Waals surface area contributed by atoms with Crippen molar-refractivity contribution < 1.29 is 17.9 Å². The molecule has 2 saturated heterocycles. The van der Waals surface area contributed by atoms with Gasteiger partial charge in [-0.05, 0) is 11.4 Å². The highest BCUT2D eigenvalue weighted by molar-refractivity contribution is 7.88. The summed E-state index contributed by atoms with van der Waals surface area (Å²) in [6.07, 6.45) is 1.10. The van der Waals surface area contributed by atoms with E-state index in [0.29, 0.717) is 38.3 Å². The van der Waals surface area contributed by atoms with E-state index in [-0.39, 0.29) is 17.9 Å². The number of hydrogen-bond donors (Lipinski definition) is 0. The zero-order valence-corrected chi connectivity index (χ0v) is 13.4. The summed E-state index contributed by atoms with van der Waals surface area (Å²) in [4.78, 5) is 14.2. The SMILES string of the molecule is CS(=O)(=O)N1C[C@@H]2CN(C(=O)c3ccsc3)CCO[C@@H]2C1. The Morgan fingerprint density at radius 3 is 2.86 bits per heavy atom. The van der Waals surface area contributed by atoms with Gasteiger partial charge < -0.3 is 9.64 Å². The van der Waals surface area contributed by atoms with Crippen LogP contribution in [0.15, 0.2) is 16.8 Å². The summed E-state index contributed by atoms with van der Waals surface area (Å²) in [5.74, 6) is 0.0446. The van der Waals surface area contributed by atoms with Gasteiger partial charge >= 0.3 is 0 Å². The first kappa shape index (κ1) is 15.0. The predicted octanol–water partition coefficient (Wildman–Crippen LogP) is 0.480. The van der Waals surface area contributed by atoms with E-state index in [2.05, 4.69) is 0 Å². The van der Waals surface area contributed by atoms with Gasteiger partial charge in [0.05, 0.1) is 24.5 Å². The number of rotatable bonds is 2. The molecule has 1 aromatic rings. The van der Waals surface area contributed by atoms with Crippen LogP contribution in [0.3, 0.4) is 0 Å². The number of carbonyl (C=O) groups excluding carboxylic acids is 1. The Hall–Kier alpha value is -0.960. The van der Waals surface area contributed by atoms with E-state index < -0.39 is 10.0 Å². The maximum absolute atomic E-state index is 12.4. The molecule has 2 atom stereocenters. The lowest BCUT2D eigenvalue weighted by Gasteiger charge is -2.23. The number of hydrogen-bond acceptors (Lipinski definition) is 5. The van der Waals surface area contributed by atoms with Crippen molar-refractivity contribution in [3.63, 3.8) is 0 Å². The molecule has 21 heavy (non-hydrogen) atoms. The normalized spacial score (nSPS) is 27.4. The molecular weight excluding hydrogens is 312 g/mol. The van der Waals surface area contributed by atoms with Gasteiger partial charge in [-0.25, -0.2) is 8.42 Å². The summed E-state index contributed by atoms with van der Waals surface area (Å²) >= 11 is 1.49. The fraction of sp³-hybridized carbons (Fsp3) is 0.615. The molecule has 6 nitrogen and oxygen atoms in total. The smallest absolute Gasteiger partial charge is 0.254 e. The van der Waals surface area contributed by atoms with Gasteiger partial charge in [-0.15, -0.1) is 0 Å². The molecule has 0 N–H and O–H groups in total. The summed E-state index contributed by atoms with van der Waals surface area (Å²) in [6.45, 7) is 2.38. The first-order valence-electron chi connectivity index (χ1n) is 6.83. The summed E-state index contributed by atoms with van der Waals surface area (Å²) in [7, 11) is -3.20. The second-order valence-corrected chi connectivity index (χ2v) is 8.27. The van der Waals surface area contributed by atoms with Crippen molar-refractivity contribution in [3.05, 3.63) is 22.4 Å². The van der Waals surface area contributed by atoms with Crippen LogP contribution in [0.1, 0.15) is 10.4 Å². The molecule has 0 unspecified atom stereocenters. The molecule has 116 valence electrons. The topological polar surface area (TPSA) is 66.9 Å². The second-order valence-electron chi connectivity index (χ2n) is 5.51. The van der Waals surface area contributed by atoms with E-state index in [0.717, 1.165) is 0 Å². The van der Waals surface area contributed by atoms with E-state index >= 15 is 0 Å². The summed E-state index contributed by atoms with van der Waals surface area (Å²) in [5, 5.41) is 3.72. The molecule has 2 aliphatic heterocycles. The van der Waals surface area contributed by atoms with Crippen molar-refractivity contribution in [2.24, 2.45) is 5.92 Å². The third-order valence-electron chi connectivity index (χ3n) is 4.02. The maximum atomic E-state index is 12.4. The molecule has 0 saturated carbocycles. The first-order valence-corrected chi connectivity index (χ1v) is 9.62. The molecule has 8 heteroatoms. The highest BCUT2D eigenvalue weighted by Crippen LogP contribution is 2.26. The van der Waals surface area contributed by atoms with Crippen LogP contribution < -0.4 is 0 Å². The van der Waals surface area contributed by atoms with E-state index in [4.69, 9.17) is 4.74 Å². The molecule has 2 fully saturated rings. The Morgan fingerprint density at radius 1 is 1.38 bits per heavy atom. The largest absolute Gasteiger partial charge is 0.375 e. The standard InChI is InChI=1S/C13H18N2O4S2/c1-21(17,18)15-7-11-6-14(3-4-19-12(11)8-15)13(16)10-2-5-20-9-10/h2,5,9,11-12H,3-4,6-8H2,1H3/t11-,12+/m0/s1. The lowest BCUT2D eigenvalue weighted by molar-refractivity contribution is 0.0537. The lowest BCUT2D eigenvalue weighted by atomic mass is 10.1. The molecule has 1 aromatic heterocycles. The van der Waals surface area contributed by atoms with Gasteiger partial charge in [0.15, 0.2) is 0 Å². The Morgan fingerprint density at radius 2 is 2.19 bits per heavy atom. The van der Waals surface area contributed by atoms with E-state index in [1.807, 2.05) is 16.8 Å². The van der Waals surface area contributed by atoms with Crippen molar-refractivity contribution in [2.75, 3.05) is 39.0 Å². The van der Waals surface area contributed by atoms with Crippen LogP contribution in [0.2, 0.25) is 0 Å². The Kier molecular flexibility index (Phi) is 4.04. The first-order chi connectivity index (χ1) is 9.95. The van der Waals surface area contributed by atoms with Crippen LogP contribution in [0.5, 0.6) is 0 Å². The number of amides is 1. The number of sulfonamides is 1. The predicted molar refractivity (Wildman–Crippen MR) is 79.9 cm³/mol. The van der Waals surface area contributed by atoms with E-state index in [9.17, 15) is 13.2 Å². The molecule has 0 bridgehead atoms. The van der Waals surface area contributed by atoms with Crippen molar-refractivity contribution in [2.45, 2.75) is 6.10 Å². The number of nitrogens with zero attached hydrogens (tertiary/aromatic N) is 2. The molecule has 3 rings (SSSR count). The second kappa shape index (κ2) is 5.68. The van der Waals surface area contributed by atoms with Crippen molar-refractivity contribution >= 4 is 27.3 Å². The van der Waals surface area contributed by atoms with Gasteiger partial charge in [0.25, 0.3) is 5.91 Å². The lowest BCUT2D eigenvalue weighted by Crippen LogP contribution is -2.37. The average molecular weight is 330 g/mol. The van der Waals surface area contributed by atoms with Gasteiger partial charge in [-0.3, -0.25) is 4.79 Å². The molecule has 3 heterocycles. The minimum Gasteiger partial charge on any atom is -0.375 e. The summed E-state index contributed by atoms with van der Waals surface area (Å²) < 4.78 is 30.5. The summed E-state index contributed by atoms with van der Waals surface area (Å²) in [6, 6.07) is 1.81. The number of fused-ring (bicyclic) bond motifs is 1. The zero-order chi connectivity index (χ0) is 15.0.